The van der Waals surface area contributed by atoms with Crippen LogP contribution in [0.25, 0.3) is 10.9 Å². The van der Waals surface area contributed by atoms with Crippen molar-refractivity contribution in [2.75, 3.05) is 11.4 Å². The van der Waals surface area contributed by atoms with E-state index in [1.165, 1.54) is 0 Å². The number of fused-ring (bicyclic) bond motifs is 1. The average Bonchev–Trinajstić information content (AvgIpc) is 3.18. The van der Waals surface area contributed by atoms with Crippen molar-refractivity contribution in [1.82, 2.24) is 20.1 Å². The van der Waals surface area contributed by atoms with E-state index in [-0.39, 0.29) is 17.5 Å². The summed E-state index contributed by atoms with van der Waals surface area (Å²) >= 11 is 0. The van der Waals surface area contributed by atoms with Gasteiger partial charge in [-0.1, -0.05) is 18.2 Å². The molecule has 25 heavy (non-hydrogen) atoms. The predicted octanol–water partition coefficient (Wildman–Crippen LogP) is 1.16. The molecule has 7 heteroatoms. The number of H-pyrrole nitrogens is 1. The molecule has 1 aromatic carbocycles. The molecular weight excluding hydrogens is 318 g/mol. The van der Waals surface area contributed by atoms with Crippen molar-refractivity contribution in [3.05, 3.63) is 58.5 Å². The number of carbonyl (C=O) groups excluding carboxylic acids is 1. The van der Waals surface area contributed by atoms with Crippen LogP contribution in [0.15, 0.2) is 47.4 Å². The molecule has 0 bridgehead atoms. The molecule has 1 saturated heterocycles. The van der Waals surface area contributed by atoms with Crippen molar-refractivity contribution in [2.24, 2.45) is 7.05 Å². The van der Waals surface area contributed by atoms with Gasteiger partial charge in [-0.3, -0.25) is 19.2 Å². The summed E-state index contributed by atoms with van der Waals surface area (Å²) in [5.74, 6) is 0.663. The third-order valence-corrected chi connectivity index (χ3v) is 4.55. The number of para-hydroxylation sites is 1. The first kappa shape index (κ1) is 15.6. The molecular formula is C18H19N5O2. The van der Waals surface area contributed by atoms with Crippen molar-refractivity contribution < 1.29 is 4.79 Å². The molecule has 0 spiro atoms. The fourth-order valence-corrected chi connectivity index (χ4v) is 3.20. The largest absolute Gasteiger partial charge is 0.322 e. The molecule has 0 radical (unpaired) electrons. The van der Waals surface area contributed by atoms with Crippen LogP contribution in [-0.4, -0.2) is 33.3 Å². The van der Waals surface area contributed by atoms with Crippen LogP contribution >= 0.6 is 0 Å². The zero-order valence-electron chi connectivity index (χ0n) is 13.9. The van der Waals surface area contributed by atoms with E-state index in [0.29, 0.717) is 30.9 Å². The maximum atomic E-state index is 12.6. The van der Waals surface area contributed by atoms with Crippen molar-refractivity contribution >= 4 is 22.6 Å². The van der Waals surface area contributed by atoms with E-state index >= 15 is 0 Å². The predicted molar refractivity (Wildman–Crippen MR) is 95.4 cm³/mol. The third-order valence-electron chi connectivity index (χ3n) is 4.55. The topological polar surface area (TPSA) is 83.0 Å². The van der Waals surface area contributed by atoms with Crippen LogP contribution in [0.3, 0.4) is 0 Å². The Morgan fingerprint density at radius 1 is 1.28 bits per heavy atom. The highest BCUT2D eigenvalue weighted by Crippen LogP contribution is 2.19. The Labute approximate surface area is 144 Å². The number of nitrogens with zero attached hydrogens (tertiary/aromatic N) is 3. The first-order chi connectivity index (χ1) is 12.1. The van der Waals surface area contributed by atoms with Gasteiger partial charge in [-0.15, -0.1) is 0 Å². The number of anilines is 1. The summed E-state index contributed by atoms with van der Waals surface area (Å²) < 4.78 is 1.68. The van der Waals surface area contributed by atoms with E-state index in [4.69, 9.17) is 0 Å². The van der Waals surface area contributed by atoms with E-state index in [1.807, 2.05) is 49.6 Å². The van der Waals surface area contributed by atoms with E-state index in [0.717, 1.165) is 10.9 Å². The summed E-state index contributed by atoms with van der Waals surface area (Å²) in [6.07, 6.45) is 2.51. The van der Waals surface area contributed by atoms with Crippen LogP contribution in [0.2, 0.25) is 0 Å². The van der Waals surface area contributed by atoms with Gasteiger partial charge in [0.25, 0.3) is 5.56 Å². The van der Waals surface area contributed by atoms with Gasteiger partial charge < -0.3 is 10.3 Å². The summed E-state index contributed by atoms with van der Waals surface area (Å²) in [6, 6.07) is 11.1. The second-order valence-corrected chi connectivity index (χ2v) is 6.27. The quantitative estimate of drug-likeness (QED) is 0.748. The van der Waals surface area contributed by atoms with Gasteiger partial charge in [-0.05, 0) is 23.9 Å². The summed E-state index contributed by atoms with van der Waals surface area (Å²) in [4.78, 5) is 29.3. The van der Waals surface area contributed by atoms with Gasteiger partial charge in [0, 0.05) is 43.5 Å². The van der Waals surface area contributed by atoms with E-state index in [2.05, 4.69) is 15.4 Å². The second kappa shape index (κ2) is 6.18. The highest BCUT2D eigenvalue weighted by molar-refractivity contribution is 5.98. The number of aromatic nitrogens is 3. The molecule has 1 unspecified atom stereocenters. The molecule has 7 nitrogen and oxygen atoms in total. The lowest BCUT2D eigenvalue weighted by atomic mass is 10.1. The minimum atomic E-state index is -0.298. The number of amides is 1. The van der Waals surface area contributed by atoms with Crippen molar-refractivity contribution in [3.63, 3.8) is 0 Å². The molecule has 1 fully saturated rings. The minimum absolute atomic E-state index is 0.00378. The van der Waals surface area contributed by atoms with Crippen LogP contribution < -0.4 is 15.8 Å². The lowest BCUT2D eigenvalue weighted by Crippen LogP contribution is -2.39. The fraction of sp³-hybridized carbons (Fsp3) is 0.278. The highest BCUT2D eigenvalue weighted by Gasteiger charge is 2.33. The Hall–Kier alpha value is -2.93. The molecule has 4 rings (SSSR count). The Morgan fingerprint density at radius 2 is 2.12 bits per heavy atom. The lowest BCUT2D eigenvalue weighted by Gasteiger charge is -2.14. The van der Waals surface area contributed by atoms with E-state index < -0.39 is 0 Å². The summed E-state index contributed by atoms with van der Waals surface area (Å²) in [5, 5.41) is 8.48. The minimum Gasteiger partial charge on any atom is -0.322 e. The van der Waals surface area contributed by atoms with Gasteiger partial charge in [0.15, 0.2) is 5.82 Å². The summed E-state index contributed by atoms with van der Waals surface area (Å²) in [5.41, 5.74) is 1.32. The molecule has 1 atom stereocenters. The van der Waals surface area contributed by atoms with Crippen molar-refractivity contribution in [1.29, 1.82) is 0 Å². The SMILES string of the molecule is Cn1ccc(N2CCC(NCc3cc4ccccc4[nH]c3=O)C2=O)n1. The van der Waals surface area contributed by atoms with Gasteiger partial charge in [-0.25, -0.2) is 0 Å². The molecule has 3 heterocycles. The molecule has 2 aromatic heterocycles. The van der Waals surface area contributed by atoms with Crippen molar-refractivity contribution in [3.8, 4) is 0 Å². The van der Waals surface area contributed by atoms with Gasteiger partial charge in [0.2, 0.25) is 5.91 Å². The number of rotatable bonds is 4. The number of nitrogens with one attached hydrogen (secondary N) is 2. The van der Waals surface area contributed by atoms with Crippen LogP contribution in [0.4, 0.5) is 5.82 Å². The van der Waals surface area contributed by atoms with Crippen molar-refractivity contribution in [2.45, 2.75) is 19.0 Å². The molecule has 3 aromatic rings. The lowest BCUT2D eigenvalue weighted by molar-refractivity contribution is -0.118. The normalized spacial score (nSPS) is 17.6. The maximum Gasteiger partial charge on any atom is 0.252 e. The Kier molecular flexibility index (Phi) is 3.85. The summed E-state index contributed by atoms with van der Waals surface area (Å²) in [6.45, 7) is 0.980. The van der Waals surface area contributed by atoms with Gasteiger partial charge in [-0.2, -0.15) is 5.10 Å². The van der Waals surface area contributed by atoms with Crippen LogP contribution in [0, 0.1) is 0 Å². The third kappa shape index (κ3) is 2.94. The molecule has 0 aliphatic carbocycles. The molecule has 1 aliphatic heterocycles. The zero-order chi connectivity index (χ0) is 17.4. The van der Waals surface area contributed by atoms with Crippen LogP contribution in [0.1, 0.15) is 12.0 Å². The molecule has 2 N–H and O–H groups in total. The zero-order valence-corrected chi connectivity index (χ0v) is 13.9. The monoisotopic (exact) mass is 337 g/mol. The standard InChI is InChI=1S/C18H19N5O2/c1-22-8-7-16(21-22)23-9-6-15(18(23)25)19-11-13-10-12-4-2-3-5-14(12)20-17(13)24/h2-5,7-8,10,15,19H,6,9,11H2,1H3,(H,20,24). The first-order valence-electron chi connectivity index (χ1n) is 8.27. The fourth-order valence-electron chi connectivity index (χ4n) is 3.20. The van der Waals surface area contributed by atoms with E-state index in [9.17, 15) is 9.59 Å². The average molecular weight is 337 g/mol. The summed E-state index contributed by atoms with van der Waals surface area (Å²) in [7, 11) is 1.83. The van der Waals surface area contributed by atoms with Crippen LogP contribution in [-0.2, 0) is 18.4 Å². The van der Waals surface area contributed by atoms with Crippen LogP contribution in [0.5, 0.6) is 0 Å². The molecule has 0 saturated carbocycles. The maximum absolute atomic E-state index is 12.6. The highest BCUT2D eigenvalue weighted by atomic mass is 16.2. The number of aromatic amines is 1. The smallest absolute Gasteiger partial charge is 0.252 e. The number of pyridine rings is 1. The number of hydrogen-bond donors (Lipinski definition) is 2. The van der Waals surface area contributed by atoms with Gasteiger partial charge >= 0.3 is 0 Å². The number of benzene rings is 1. The molecule has 1 amide bonds. The molecule has 1 aliphatic rings. The van der Waals surface area contributed by atoms with E-state index in [1.54, 1.807) is 9.58 Å². The first-order valence-corrected chi connectivity index (χ1v) is 8.27. The molecule has 128 valence electrons. The van der Waals surface area contributed by atoms with Gasteiger partial charge in [0.1, 0.15) is 0 Å². The Bertz CT molecular complexity index is 990. The number of carbonyl (C=O) groups is 1. The Balaban J connectivity index is 1.48. The number of hydrogen-bond acceptors (Lipinski definition) is 4. The second-order valence-electron chi connectivity index (χ2n) is 6.27. The van der Waals surface area contributed by atoms with Gasteiger partial charge in [0.05, 0.1) is 6.04 Å². The Morgan fingerprint density at radius 3 is 2.92 bits per heavy atom. The number of aryl methyl sites for hydroxylation is 1.